The van der Waals surface area contributed by atoms with Crippen molar-refractivity contribution in [1.29, 1.82) is 0 Å². The van der Waals surface area contributed by atoms with E-state index in [9.17, 15) is 9.59 Å². The van der Waals surface area contributed by atoms with Crippen LogP contribution in [0.15, 0.2) is 48.8 Å². The molecule has 6 nitrogen and oxygen atoms in total. The van der Waals surface area contributed by atoms with Crippen LogP contribution in [0.4, 0.5) is 5.69 Å². The van der Waals surface area contributed by atoms with Crippen molar-refractivity contribution < 1.29 is 9.59 Å². The number of anilines is 1. The molecule has 28 heavy (non-hydrogen) atoms. The average Bonchev–Trinajstić information content (AvgIpc) is 3.11. The Bertz CT molecular complexity index is 1000. The molecule has 0 fully saturated rings. The van der Waals surface area contributed by atoms with Gasteiger partial charge in [0.15, 0.2) is 0 Å². The third-order valence-corrected chi connectivity index (χ3v) is 5.18. The largest absolute Gasteiger partial charge is 0.361 e. The molecular weight excluding hydrogens is 352 g/mol. The molecule has 0 radical (unpaired) electrons. The first-order valence-electron chi connectivity index (χ1n) is 9.39. The summed E-state index contributed by atoms with van der Waals surface area (Å²) in [5.41, 5.74) is 2.35. The van der Waals surface area contributed by atoms with Crippen LogP contribution in [-0.4, -0.2) is 27.3 Å². The molecule has 0 spiro atoms. The molecule has 0 aliphatic rings. The van der Waals surface area contributed by atoms with Crippen molar-refractivity contribution in [3.63, 3.8) is 0 Å². The lowest BCUT2D eigenvalue weighted by Crippen LogP contribution is -2.47. The summed E-state index contributed by atoms with van der Waals surface area (Å²) in [6.07, 6.45) is 3.62. The molecule has 146 valence electrons. The van der Waals surface area contributed by atoms with Crippen LogP contribution in [0.1, 0.15) is 43.7 Å². The Balaban J connectivity index is 1.69. The molecule has 0 saturated heterocycles. The van der Waals surface area contributed by atoms with E-state index in [0.29, 0.717) is 5.69 Å². The number of para-hydroxylation sites is 1. The fourth-order valence-corrected chi connectivity index (χ4v) is 2.81. The molecule has 0 saturated carbocycles. The Hall–Kier alpha value is -3.15. The number of H-pyrrole nitrogens is 1. The summed E-state index contributed by atoms with van der Waals surface area (Å²) < 4.78 is 0. The highest BCUT2D eigenvalue weighted by Crippen LogP contribution is 2.19. The maximum Gasteiger partial charge on any atom is 0.270 e. The molecule has 2 aromatic heterocycles. The van der Waals surface area contributed by atoms with Crippen LogP contribution in [0.2, 0.25) is 0 Å². The molecule has 3 N–H and O–H groups in total. The minimum absolute atomic E-state index is 0.151. The minimum atomic E-state index is -0.354. The van der Waals surface area contributed by atoms with Gasteiger partial charge in [-0.05, 0) is 48.9 Å². The topological polar surface area (TPSA) is 86.9 Å². The lowest BCUT2D eigenvalue weighted by molar-refractivity contribution is -0.115. The molecule has 2 heterocycles. The zero-order valence-electron chi connectivity index (χ0n) is 16.7. The Labute approximate surface area is 164 Å². The highest BCUT2D eigenvalue weighted by molar-refractivity contribution is 5.97. The number of carbonyl (C=O) groups is 2. The third kappa shape index (κ3) is 4.39. The summed E-state index contributed by atoms with van der Waals surface area (Å²) >= 11 is 0. The van der Waals surface area contributed by atoms with Crippen molar-refractivity contribution in [3.8, 4) is 0 Å². The second-order valence-electron chi connectivity index (χ2n) is 7.84. The van der Waals surface area contributed by atoms with Gasteiger partial charge in [0.2, 0.25) is 5.91 Å². The maximum absolute atomic E-state index is 12.5. The molecule has 0 aliphatic carbocycles. The number of amides is 2. The monoisotopic (exact) mass is 378 g/mol. The number of benzene rings is 1. The Morgan fingerprint density at radius 1 is 1.18 bits per heavy atom. The van der Waals surface area contributed by atoms with Crippen LogP contribution in [0, 0.1) is 5.92 Å². The number of fused-ring (bicyclic) bond motifs is 1. The molecule has 0 aliphatic heterocycles. The summed E-state index contributed by atoms with van der Waals surface area (Å²) in [5, 5.41) is 6.92. The van der Waals surface area contributed by atoms with Crippen molar-refractivity contribution in [2.24, 2.45) is 5.92 Å². The number of pyridine rings is 1. The minimum Gasteiger partial charge on any atom is -0.361 e. The zero-order valence-corrected chi connectivity index (χ0v) is 16.7. The van der Waals surface area contributed by atoms with Crippen LogP contribution >= 0.6 is 0 Å². The van der Waals surface area contributed by atoms with E-state index < -0.39 is 0 Å². The van der Waals surface area contributed by atoms with E-state index in [1.807, 2.05) is 44.3 Å². The average molecular weight is 378 g/mol. The Morgan fingerprint density at radius 3 is 2.71 bits per heavy atom. The number of aromatic amines is 1. The number of nitrogens with zero attached hydrogens (tertiary/aromatic N) is 1. The summed E-state index contributed by atoms with van der Waals surface area (Å²) in [4.78, 5) is 32.3. The third-order valence-electron chi connectivity index (χ3n) is 5.18. The molecule has 0 bridgehead atoms. The van der Waals surface area contributed by atoms with Crippen LogP contribution < -0.4 is 10.6 Å². The van der Waals surface area contributed by atoms with E-state index in [-0.39, 0.29) is 35.4 Å². The van der Waals surface area contributed by atoms with E-state index in [2.05, 4.69) is 34.4 Å². The molecule has 6 heteroatoms. The van der Waals surface area contributed by atoms with Crippen molar-refractivity contribution in [2.75, 3.05) is 5.32 Å². The molecule has 0 atom stereocenters. The van der Waals surface area contributed by atoms with Gasteiger partial charge >= 0.3 is 0 Å². The second-order valence-corrected chi connectivity index (χ2v) is 7.84. The first-order valence-corrected chi connectivity index (χ1v) is 9.39. The van der Waals surface area contributed by atoms with Crippen LogP contribution in [-0.2, 0) is 11.2 Å². The quantitative estimate of drug-likeness (QED) is 0.608. The van der Waals surface area contributed by atoms with Gasteiger partial charge in [0.05, 0.1) is 6.42 Å². The van der Waals surface area contributed by atoms with Crippen LogP contribution in [0.5, 0.6) is 0 Å². The number of nitrogens with one attached hydrogen (secondary N) is 3. The van der Waals surface area contributed by atoms with Gasteiger partial charge in [0.25, 0.3) is 5.91 Å². The first-order chi connectivity index (χ1) is 13.3. The lowest BCUT2D eigenvalue weighted by Gasteiger charge is -2.30. The van der Waals surface area contributed by atoms with E-state index in [0.717, 1.165) is 16.5 Å². The predicted molar refractivity (Wildman–Crippen MR) is 111 cm³/mol. The van der Waals surface area contributed by atoms with Crippen LogP contribution in [0.3, 0.4) is 0 Å². The Morgan fingerprint density at radius 2 is 1.96 bits per heavy atom. The van der Waals surface area contributed by atoms with E-state index in [1.54, 1.807) is 12.1 Å². The van der Waals surface area contributed by atoms with Crippen molar-refractivity contribution in [1.82, 2.24) is 15.3 Å². The van der Waals surface area contributed by atoms with E-state index >= 15 is 0 Å². The van der Waals surface area contributed by atoms with Gasteiger partial charge in [-0.25, -0.2) is 0 Å². The fraction of sp³-hybridized carbons (Fsp3) is 0.318. The summed E-state index contributed by atoms with van der Waals surface area (Å²) in [6.45, 7) is 8.05. The highest BCUT2D eigenvalue weighted by Gasteiger charge is 2.25. The van der Waals surface area contributed by atoms with E-state index in [4.69, 9.17) is 0 Å². The smallest absolute Gasteiger partial charge is 0.270 e. The maximum atomic E-state index is 12.5. The molecule has 0 unspecified atom stereocenters. The number of rotatable bonds is 6. The summed E-state index contributed by atoms with van der Waals surface area (Å²) in [5.74, 6) is -0.136. The summed E-state index contributed by atoms with van der Waals surface area (Å²) in [6, 6.07) is 11.1. The first kappa shape index (κ1) is 19.6. The fourth-order valence-electron chi connectivity index (χ4n) is 2.81. The van der Waals surface area contributed by atoms with Crippen molar-refractivity contribution >= 4 is 28.4 Å². The van der Waals surface area contributed by atoms with Gasteiger partial charge in [-0.15, -0.1) is 0 Å². The molecule has 3 rings (SSSR count). The van der Waals surface area contributed by atoms with Crippen LogP contribution in [0.25, 0.3) is 10.9 Å². The van der Waals surface area contributed by atoms with Gasteiger partial charge in [-0.2, -0.15) is 0 Å². The van der Waals surface area contributed by atoms with Gasteiger partial charge in [-0.1, -0.05) is 32.0 Å². The second kappa shape index (κ2) is 7.84. The molecular formula is C22H26N4O2. The number of hydrogen-bond donors (Lipinski definition) is 3. The number of aromatic nitrogens is 2. The van der Waals surface area contributed by atoms with E-state index in [1.165, 1.54) is 6.20 Å². The van der Waals surface area contributed by atoms with Crippen molar-refractivity contribution in [2.45, 2.75) is 39.7 Å². The van der Waals surface area contributed by atoms with Gasteiger partial charge in [0, 0.05) is 29.1 Å². The van der Waals surface area contributed by atoms with Gasteiger partial charge in [0.1, 0.15) is 5.69 Å². The number of hydrogen-bond acceptors (Lipinski definition) is 3. The van der Waals surface area contributed by atoms with Gasteiger partial charge in [-0.3, -0.25) is 14.6 Å². The normalized spacial score (nSPS) is 11.6. The SMILES string of the molecule is CC(C)C(C)(C)NC(=O)c1cc(NC(=O)Cc2cccc3cc[nH]c23)ccn1. The molecule has 3 aromatic rings. The number of carbonyl (C=O) groups excluding carboxylic acids is 2. The van der Waals surface area contributed by atoms with Crippen molar-refractivity contribution in [3.05, 3.63) is 60.0 Å². The van der Waals surface area contributed by atoms with Gasteiger partial charge < -0.3 is 15.6 Å². The lowest BCUT2D eigenvalue weighted by atomic mass is 9.90. The highest BCUT2D eigenvalue weighted by atomic mass is 16.2. The predicted octanol–water partition coefficient (Wildman–Crippen LogP) is 3.91. The standard InChI is InChI=1S/C22H26N4O2/c1-14(2)22(3,4)26-21(28)18-13-17(9-11-23-18)25-19(27)12-16-7-5-6-15-8-10-24-20(15)16/h5-11,13-14,24H,12H2,1-4H3,(H,26,28)(H,23,25,27). The molecule has 2 amide bonds. The Kier molecular flexibility index (Phi) is 5.49. The molecule has 1 aromatic carbocycles. The summed E-state index contributed by atoms with van der Waals surface area (Å²) in [7, 11) is 0. The zero-order chi connectivity index (χ0) is 20.3.